The molecule has 0 aromatic heterocycles. The van der Waals surface area contributed by atoms with Crippen molar-refractivity contribution in [2.45, 2.75) is 31.7 Å². The van der Waals surface area contributed by atoms with E-state index in [1.54, 1.807) is 12.1 Å². The maximum absolute atomic E-state index is 13.5. The van der Waals surface area contributed by atoms with Gasteiger partial charge < -0.3 is 10.2 Å². The van der Waals surface area contributed by atoms with Gasteiger partial charge in [-0.3, -0.25) is 4.79 Å². The van der Waals surface area contributed by atoms with E-state index in [4.69, 9.17) is 0 Å². The highest BCUT2D eigenvalue weighted by Gasteiger charge is 2.30. The molecular weight excluding hydrogens is 335 g/mol. The summed E-state index contributed by atoms with van der Waals surface area (Å²) in [6, 6.07) is 5.22. The first kappa shape index (κ1) is 15.0. The van der Waals surface area contributed by atoms with Crippen molar-refractivity contribution in [2.24, 2.45) is 5.92 Å². The number of nitrogens with zero attached hydrogens (tertiary/aromatic N) is 1. The summed E-state index contributed by atoms with van der Waals surface area (Å²) in [5.74, 6) is 0.239. The predicted octanol–water partition coefficient (Wildman–Crippen LogP) is 3.19. The van der Waals surface area contributed by atoms with E-state index in [9.17, 15) is 9.18 Å². The van der Waals surface area contributed by atoms with E-state index < -0.39 is 0 Å². The molecule has 5 heteroatoms. The molecule has 0 saturated carbocycles. The number of piperidine rings is 1. The fourth-order valence-corrected chi connectivity index (χ4v) is 3.68. The molecule has 2 aliphatic rings. The first-order valence-electron chi connectivity index (χ1n) is 7.63. The van der Waals surface area contributed by atoms with E-state index in [-0.39, 0.29) is 11.7 Å². The Bertz CT molecular complexity index is 523. The van der Waals surface area contributed by atoms with Gasteiger partial charge in [-0.05, 0) is 72.3 Å². The monoisotopic (exact) mass is 354 g/mol. The molecule has 0 spiro atoms. The topological polar surface area (TPSA) is 32.3 Å². The molecule has 1 amide bonds. The van der Waals surface area contributed by atoms with E-state index >= 15 is 0 Å². The number of carbonyl (C=O) groups excluding carboxylic acids is 1. The molecule has 2 heterocycles. The molecule has 2 aliphatic heterocycles. The summed E-state index contributed by atoms with van der Waals surface area (Å²) in [5, 5.41) is 3.56. The molecule has 2 saturated heterocycles. The second-order valence-electron chi connectivity index (χ2n) is 5.96. The molecular formula is C16H20BrFN2O. The van der Waals surface area contributed by atoms with Crippen LogP contribution >= 0.6 is 15.9 Å². The molecule has 21 heavy (non-hydrogen) atoms. The van der Waals surface area contributed by atoms with Crippen LogP contribution in [0.15, 0.2) is 22.7 Å². The first-order chi connectivity index (χ1) is 10.1. The molecule has 3 rings (SSSR count). The molecule has 2 fully saturated rings. The number of hydrogen-bond donors (Lipinski definition) is 1. The Morgan fingerprint density at radius 1 is 1.29 bits per heavy atom. The zero-order valence-electron chi connectivity index (χ0n) is 11.9. The van der Waals surface area contributed by atoms with Crippen molar-refractivity contribution in [3.63, 3.8) is 0 Å². The zero-order valence-corrected chi connectivity index (χ0v) is 13.5. The largest absolute Gasteiger partial charge is 0.339 e. The number of hydrogen-bond acceptors (Lipinski definition) is 2. The molecule has 1 unspecified atom stereocenters. The Morgan fingerprint density at radius 2 is 2.05 bits per heavy atom. The number of likely N-dealkylation sites (tertiary alicyclic amines) is 1. The average Bonchev–Trinajstić information content (AvgIpc) is 3.04. The number of benzene rings is 1. The second-order valence-corrected chi connectivity index (χ2v) is 6.82. The van der Waals surface area contributed by atoms with E-state index in [0.29, 0.717) is 22.0 Å². The summed E-state index contributed by atoms with van der Waals surface area (Å²) >= 11 is 3.11. The van der Waals surface area contributed by atoms with Crippen LogP contribution in [-0.2, 0) is 0 Å². The van der Waals surface area contributed by atoms with Gasteiger partial charge in [-0.25, -0.2) is 4.39 Å². The lowest BCUT2D eigenvalue weighted by Gasteiger charge is -2.35. The van der Waals surface area contributed by atoms with Gasteiger partial charge in [-0.2, -0.15) is 0 Å². The maximum Gasteiger partial charge on any atom is 0.253 e. The van der Waals surface area contributed by atoms with E-state index in [2.05, 4.69) is 21.2 Å². The Hall–Kier alpha value is -0.940. The molecule has 3 nitrogen and oxygen atoms in total. The van der Waals surface area contributed by atoms with Gasteiger partial charge in [-0.15, -0.1) is 0 Å². The van der Waals surface area contributed by atoms with E-state index in [1.807, 2.05) is 4.90 Å². The Morgan fingerprint density at radius 3 is 2.67 bits per heavy atom. The first-order valence-corrected chi connectivity index (χ1v) is 8.42. The van der Waals surface area contributed by atoms with Gasteiger partial charge in [0.1, 0.15) is 5.82 Å². The average molecular weight is 355 g/mol. The smallest absolute Gasteiger partial charge is 0.253 e. The summed E-state index contributed by atoms with van der Waals surface area (Å²) in [7, 11) is 0. The molecule has 0 aliphatic carbocycles. The van der Waals surface area contributed by atoms with Crippen LogP contribution in [0, 0.1) is 11.7 Å². The lowest BCUT2D eigenvalue weighted by molar-refractivity contribution is 0.0674. The lowest BCUT2D eigenvalue weighted by atomic mass is 9.88. The van der Waals surface area contributed by atoms with Crippen molar-refractivity contribution >= 4 is 21.8 Å². The molecule has 1 aromatic carbocycles. The standard InChI is InChI=1S/C16H20BrFN2O/c17-13-4-3-12(10-14(13)18)16(21)20-8-5-11(6-9-20)15-2-1-7-19-15/h3-4,10-11,15,19H,1-2,5-9H2. The van der Waals surface area contributed by atoms with E-state index in [0.717, 1.165) is 32.5 Å². The van der Waals surface area contributed by atoms with Crippen LogP contribution in [0.3, 0.4) is 0 Å². The normalized spacial score (nSPS) is 23.5. The molecule has 1 atom stereocenters. The van der Waals surface area contributed by atoms with Gasteiger partial charge in [0.05, 0.1) is 4.47 Å². The van der Waals surface area contributed by atoms with Gasteiger partial charge in [-0.1, -0.05) is 0 Å². The van der Waals surface area contributed by atoms with Gasteiger partial charge in [0.2, 0.25) is 0 Å². The third-order valence-electron chi connectivity index (χ3n) is 4.66. The fourth-order valence-electron chi connectivity index (χ4n) is 3.43. The molecule has 114 valence electrons. The van der Waals surface area contributed by atoms with Crippen molar-refractivity contribution < 1.29 is 9.18 Å². The van der Waals surface area contributed by atoms with Crippen molar-refractivity contribution in [1.82, 2.24) is 10.2 Å². The zero-order chi connectivity index (χ0) is 14.8. The van der Waals surface area contributed by atoms with Gasteiger partial charge >= 0.3 is 0 Å². The SMILES string of the molecule is O=C(c1ccc(Br)c(F)c1)N1CCC(C2CCCN2)CC1. The third-order valence-corrected chi connectivity index (χ3v) is 5.30. The van der Waals surface area contributed by atoms with Crippen molar-refractivity contribution in [1.29, 1.82) is 0 Å². The van der Waals surface area contributed by atoms with Crippen molar-refractivity contribution in [2.75, 3.05) is 19.6 Å². The van der Waals surface area contributed by atoms with Gasteiger partial charge in [0.15, 0.2) is 0 Å². The fraction of sp³-hybridized carbons (Fsp3) is 0.562. The van der Waals surface area contributed by atoms with Crippen molar-refractivity contribution in [3.05, 3.63) is 34.1 Å². The highest BCUT2D eigenvalue weighted by atomic mass is 79.9. The summed E-state index contributed by atoms with van der Waals surface area (Å²) < 4.78 is 13.9. The van der Waals surface area contributed by atoms with Crippen LogP contribution in [0.1, 0.15) is 36.0 Å². The maximum atomic E-state index is 13.5. The van der Waals surface area contributed by atoms with E-state index in [1.165, 1.54) is 18.9 Å². The Balaban J connectivity index is 1.60. The van der Waals surface area contributed by atoms with Crippen LogP contribution in [-0.4, -0.2) is 36.5 Å². The summed E-state index contributed by atoms with van der Waals surface area (Å²) in [4.78, 5) is 14.3. The minimum Gasteiger partial charge on any atom is -0.339 e. The van der Waals surface area contributed by atoms with Crippen LogP contribution in [0.5, 0.6) is 0 Å². The minimum atomic E-state index is -0.383. The lowest BCUT2D eigenvalue weighted by Crippen LogP contribution is -2.43. The summed E-state index contributed by atoms with van der Waals surface area (Å²) in [5.41, 5.74) is 0.438. The third kappa shape index (κ3) is 3.29. The van der Waals surface area contributed by atoms with Crippen molar-refractivity contribution in [3.8, 4) is 0 Å². The summed E-state index contributed by atoms with van der Waals surface area (Å²) in [6.07, 6.45) is 4.61. The molecule has 1 aromatic rings. The molecule has 0 bridgehead atoms. The minimum absolute atomic E-state index is 0.0563. The molecule has 1 N–H and O–H groups in total. The number of nitrogens with one attached hydrogen (secondary N) is 1. The predicted molar refractivity (Wildman–Crippen MR) is 83.8 cm³/mol. The molecule has 0 radical (unpaired) electrons. The van der Waals surface area contributed by atoms with Crippen LogP contribution < -0.4 is 5.32 Å². The van der Waals surface area contributed by atoms with Crippen LogP contribution in [0.4, 0.5) is 4.39 Å². The van der Waals surface area contributed by atoms with Crippen LogP contribution in [0.2, 0.25) is 0 Å². The summed E-state index contributed by atoms with van der Waals surface area (Å²) in [6.45, 7) is 2.68. The van der Waals surface area contributed by atoms with Gasteiger partial charge in [0.25, 0.3) is 5.91 Å². The number of amides is 1. The second kappa shape index (κ2) is 6.44. The van der Waals surface area contributed by atoms with Crippen LogP contribution in [0.25, 0.3) is 0 Å². The highest BCUT2D eigenvalue weighted by Crippen LogP contribution is 2.26. The number of rotatable bonds is 2. The highest BCUT2D eigenvalue weighted by molar-refractivity contribution is 9.10. The quantitative estimate of drug-likeness (QED) is 0.884. The Labute approximate surface area is 133 Å². The van der Waals surface area contributed by atoms with Gasteiger partial charge in [0, 0.05) is 24.7 Å². The number of carbonyl (C=O) groups is 1. The Kier molecular flexibility index (Phi) is 4.60. The number of halogens is 2.